The van der Waals surface area contributed by atoms with Gasteiger partial charge in [-0.15, -0.1) is 0 Å². The lowest BCUT2D eigenvalue weighted by Crippen LogP contribution is -2.16. The van der Waals surface area contributed by atoms with Gasteiger partial charge in [0.15, 0.2) is 11.6 Å². The Balaban J connectivity index is 0.000000444. The molecule has 0 aliphatic heterocycles. The monoisotopic (exact) mass is 1050 g/mol. The van der Waals surface area contributed by atoms with Gasteiger partial charge in [0, 0.05) is 47.2 Å². The van der Waals surface area contributed by atoms with Crippen LogP contribution in [-0.4, -0.2) is 33.4 Å². The van der Waals surface area contributed by atoms with Crippen LogP contribution in [0.1, 0.15) is 229 Å². The molecule has 0 bridgehead atoms. The van der Waals surface area contributed by atoms with E-state index in [2.05, 4.69) is 71.0 Å². The lowest BCUT2D eigenvalue weighted by Gasteiger charge is -2.21. The first-order valence-corrected chi connectivity index (χ1v) is 29.3. The van der Waals surface area contributed by atoms with Gasteiger partial charge in [0.2, 0.25) is 0 Å². The Labute approximate surface area is 466 Å². The largest absolute Gasteiger partial charge is 0.411 e. The van der Waals surface area contributed by atoms with E-state index in [1.54, 1.807) is 0 Å². The minimum Gasteiger partial charge on any atom is -0.411 e. The molecule has 6 aliphatic rings. The molecule has 8 nitrogen and oxygen atoms in total. The highest BCUT2D eigenvalue weighted by Crippen LogP contribution is 2.29. The summed E-state index contributed by atoms with van der Waals surface area (Å²) < 4.78 is 0. The summed E-state index contributed by atoms with van der Waals surface area (Å²) >= 11 is 0. The van der Waals surface area contributed by atoms with Crippen LogP contribution in [0, 0.1) is 0 Å². The van der Waals surface area contributed by atoms with Crippen LogP contribution < -0.4 is 11.5 Å². The van der Waals surface area contributed by atoms with E-state index in [-0.39, 0.29) is 0 Å². The van der Waals surface area contributed by atoms with Crippen molar-refractivity contribution in [1.29, 1.82) is 0 Å². The zero-order valence-corrected chi connectivity index (χ0v) is 49.4. The van der Waals surface area contributed by atoms with E-state index in [1.165, 1.54) is 57.3 Å². The second kappa shape index (κ2) is 41.7. The number of nitrogens with two attached hydrogens (primary N) is 2. The van der Waals surface area contributed by atoms with E-state index in [9.17, 15) is 9.59 Å². The van der Waals surface area contributed by atoms with Crippen LogP contribution in [0.15, 0.2) is 156 Å². The first kappa shape index (κ1) is 68.5. The molecule has 6 aliphatic carbocycles. The number of benzene rings is 6. The smallest absolute Gasteiger partial charge is 0.163 e. The number of aryl methyl sites for hydroxylation is 6. The fraction of sp³-hybridized carbons (Fsp3) is 0.420. The maximum atomic E-state index is 11.3. The summed E-state index contributed by atoms with van der Waals surface area (Å²) in [6.07, 6.45) is 15.4. The van der Waals surface area contributed by atoms with Gasteiger partial charge < -0.3 is 21.9 Å². The molecule has 2 atom stereocenters. The Morgan fingerprint density at radius 1 is 0.325 bits per heavy atom. The summed E-state index contributed by atoms with van der Waals surface area (Å²) in [4.78, 5) is 22.4. The van der Waals surface area contributed by atoms with E-state index in [0.29, 0.717) is 30.1 Å². The summed E-state index contributed by atoms with van der Waals surface area (Å²) in [5, 5.41) is 23.9. The molecule has 6 aromatic carbocycles. The van der Waals surface area contributed by atoms with Gasteiger partial charge in [0.1, 0.15) is 0 Å². The molecule has 0 spiro atoms. The van der Waals surface area contributed by atoms with Crippen molar-refractivity contribution in [2.75, 3.05) is 0 Å². The van der Waals surface area contributed by atoms with E-state index in [1.807, 2.05) is 168 Å². The van der Waals surface area contributed by atoms with Gasteiger partial charge in [-0.25, -0.2) is 0 Å². The topological polar surface area (TPSA) is 151 Å². The van der Waals surface area contributed by atoms with Crippen LogP contribution in [0.4, 0.5) is 0 Å². The predicted molar refractivity (Wildman–Crippen MR) is 330 cm³/mol. The quantitative estimate of drug-likeness (QED) is 0.0878. The SMILES string of the molecule is CC.CC.CC.CC.CC.CC.NC1CCCc2ccccc21.NC1CCc2ccccc21.O/N=C1\CCCc2ccccc21.O/N=C1\CCc2ccccc21.O=C1CCCc2ccccc21.O=C1CCc2ccccc21. The van der Waals surface area contributed by atoms with E-state index >= 15 is 0 Å². The first-order valence-electron chi connectivity index (χ1n) is 29.3. The van der Waals surface area contributed by atoms with Crippen LogP contribution in [0.2, 0.25) is 0 Å². The third kappa shape index (κ3) is 21.8. The summed E-state index contributed by atoms with van der Waals surface area (Å²) in [6, 6.07) is 49.5. The molecule has 0 radical (unpaired) electrons. The number of hydrogen-bond acceptors (Lipinski definition) is 8. The number of nitrogens with zero attached hydrogens (tertiary/aromatic N) is 2. The molecular weight excluding hydrogens is 949 g/mol. The van der Waals surface area contributed by atoms with Crippen molar-refractivity contribution in [2.24, 2.45) is 21.8 Å². The predicted octanol–water partition coefficient (Wildman–Crippen LogP) is 17.8. The molecule has 0 amide bonds. The van der Waals surface area contributed by atoms with Gasteiger partial charge in [-0.05, 0) is 128 Å². The first-order chi connectivity index (χ1) is 37.8. The highest BCUT2D eigenvalue weighted by Gasteiger charge is 2.20. The molecule has 8 heteroatoms. The van der Waals surface area contributed by atoms with Gasteiger partial charge in [-0.3, -0.25) is 9.59 Å². The van der Waals surface area contributed by atoms with Crippen molar-refractivity contribution in [2.45, 2.75) is 191 Å². The number of Topliss-reactive ketones (excluding diaryl/α,β-unsaturated/α-hetero) is 2. The lowest BCUT2D eigenvalue weighted by atomic mass is 9.88. The Kier molecular flexibility index (Phi) is 37.1. The van der Waals surface area contributed by atoms with E-state index in [0.717, 1.165) is 111 Å². The maximum Gasteiger partial charge on any atom is 0.163 e. The Bertz CT molecular complexity index is 2620. The zero-order chi connectivity index (χ0) is 57.4. The van der Waals surface area contributed by atoms with Gasteiger partial charge in [0.05, 0.1) is 11.4 Å². The molecule has 6 aromatic rings. The van der Waals surface area contributed by atoms with Crippen LogP contribution in [0.3, 0.4) is 0 Å². The summed E-state index contributed by atoms with van der Waals surface area (Å²) in [5.74, 6) is 0.613. The summed E-state index contributed by atoms with van der Waals surface area (Å²) in [6.45, 7) is 24.0. The normalized spacial score (nSPS) is 16.6. The van der Waals surface area contributed by atoms with E-state index in [4.69, 9.17) is 21.9 Å². The molecule has 0 saturated heterocycles. The Morgan fingerprint density at radius 3 is 1.09 bits per heavy atom. The number of hydrogen-bond donors (Lipinski definition) is 4. The van der Waals surface area contributed by atoms with Crippen molar-refractivity contribution in [1.82, 2.24) is 0 Å². The zero-order valence-electron chi connectivity index (χ0n) is 49.4. The molecule has 0 heterocycles. The number of ketones is 2. The molecule has 418 valence electrons. The Morgan fingerprint density at radius 2 is 0.636 bits per heavy atom. The molecule has 2 unspecified atom stereocenters. The van der Waals surface area contributed by atoms with Gasteiger partial charge in [-0.2, -0.15) is 0 Å². The van der Waals surface area contributed by atoms with Crippen LogP contribution in [0.5, 0.6) is 0 Å². The summed E-state index contributed by atoms with van der Waals surface area (Å²) in [5.41, 5.74) is 28.2. The number of carbonyl (C=O) groups is 2. The third-order valence-corrected chi connectivity index (χ3v) is 13.1. The molecular formula is C69H98N4O4. The van der Waals surface area contributed by atoms with E-state index < -0.39 is 0 Å². The van der Waals surface area contributed by atoms with Crippen molar-refractivity contribution < 1.29 is 20.0 Å². The molecule has 0 fully saturated rings. The minimum atomic E-state index is 0.292. The second-order valence-electron chi connectivity index (χ2n) is 17.3. The van der Waals surface area contributed by atoms with Crippen LogP contribution in [0.25, 0.3) is 0 Å². The maximum absolute atomic E-state index is 11.3. The van der Waals surface area contributed by atoms with Crippen molar-refractivity contribution in [3.63, 3.8) is 0 Å². The highest BCUT2D eigenvalue weighted by molar-refractivity contribution is 6.04. The minimum absolute atomic E-state index is 0.292. The lowest BCUT2D eigenvalue weighted by molar-refractivity contribution is 0.0970. The summed E-state index contributed by atoms with van der Waals surface area (Å²) in [7, 11) is 0. The molecule has 0 saturated carbocycles. The second-order valence-corrected chi connectivity index (χ2v) is 17.3. The standard InChI is InChI=1S/C10H11NO.C10H13N.C10H10O.C9H9NO.C9H11N.C9H8O.6C2H6/c12-11-10-7-3-5-8-4-1-2-6-9(8)10;2*11-10-7-3-5-8-4-1-2-6-9(8)10;11-10-9-6-5-7-3-1-2-4-8(7)9;2*10-9-6-5-7-3-1-2-4-8(7)9;6*1-2/h1-2,4,6,12H,3,5,7H2;1-2,4,6,10H,3,5,7,11H2;1-2,4,6H,3,5,7H2;1-4,11H,5-6H2;1-4,9H,5-6,10H2;1-4H,5-6H2;6*1-2H3/b11-10+;;;10-9+;;;;;;;;. The number of rotatable bonds is 0. The van der Waals surface area contributed by atoms with Crippen molar-refractivity contribution >= 4 is 23.0 Å². The highest BCUT2D eigenvalue weighted by atomic mass is 16.4. The third-order valence-electron chi connectivity index (χ3n) is 13.1. The number of carbonyl (C=O) groups excluding carboxylic acids is 2. The fourth-order valence-electron chi connectivity index (χ4n) is 9.58. The van der Waals surface area contributed by atoms with Crippen LogP contribution >= 0.6 is 0 Å². The average Bonchev–Trinajstić information content (AvgIpc) is 4.25. The average molecular weight is 1050 g/mol. The molecule has 77 heavy (non-hydrogen) atoms. The molecule has 12 rings (SSSR count). The van der Waals surface area contributed by atoms with Gasteiger partial charge in [0.25, 0.3) is 0 Å². The molecule has 6 N–H and O–H groups in total. The fourth-order valence-corrected chi connectivity index (χ4v) is 9.58. The molecule has 0 aromatic heterocycles. The Hall–Kier alpha value is -6.48. The van der Waals surface area contributed by atoms with Gasteiger partial charge >= 0.3 is 0 Å². The number of fused-ring (bicyclic) bond motifs is 6. The van der Waals surface area contributed by atoms with Crippen LogP contribution in [-0.2, 0) is 38.5 Å². The van der Waals surface area contributed by atoms with Crippen molar-refractivity contribution in [3.05, 3.63) is 212 Å². The van der Waals surface area contributed by atoms with Crippen molar-refractivity contribution in [3.8, 4) is 0 Å². The number of oxime groups is 2. The van der Waals surface area contributed by atoms with Gasteiger partial charge in [-0.1, -0.05) is 239 Å².